The van der Waals surface area contributed by atoms with Crippen LogP contribution in [0.4, 0.5) is 0 Å². The minimum Gasteiger partial charge on any atom is -0.381 e. The Morgan fingerprint density at radius 2 is 2.12 bits per heavy atom. The molecule has 2 saturated carbocycles. The summed E-state index contributed by atoms with van der Waals surface area (Å²) in [6, 6.07) is 0. The van der Waals surface area contributed by atoms with E-state index in [2.05, 4.69) is 6.92 Å². The highest BCUT2D eigenvalue weighted by Gasteiger charge is 2.56. The predicted molar refractivity (Wildman–Crippen MR) is 63.3 cm³/mol. The minimum absolute atomic E-state index is 0.328. The third kappa shape index (κ3) is 1.70. The van der Waals surface area contributed by atoms with E-state index in [1.54, 1.807) is 0 Å². The lowest BCUT2D eigenvalue weighted by Gasteiger charge is -2.44. The molecule has 2 nitrogen and oxygen atoms in total. The van der Waals surface area contributed by atoms with E-state index < -0.39 is 0 Å². The van der Waals surface area contributed by atoms with Gasteiger partial charge in [-0.15, -0.1) is 0 Å². The van der Waals surface area contributed by atoms with Gasteiger partial charge in [0.2, 0.25) is 0 Å². The van der Waals surface area contributed by atoms with E-state index in [9.17, 15) is 0 Å². The first kappa shape index (κ1) is 11.0. The van der Waals surface area contributed by atoms with Crippen LogP contribution in [0.15, 0.2) is 0 Å². The smallest absolute Gasteiger partial charge is 0.0947 e. The molecule has 0 aromatic carbocycles. The highest BCUT2D eigenvalue weighted by atomic mass is 16.6. The third-order valence-corrected chi connectivity index (χ3v) is 5.44. The van der Waals surface area contributed by atoms with Crippen LogP contribution in [0, 0.1) is 17.8 Å². The van der Waals surface area contributed by atoms with Gasteiger partial charge in [-0.05, 0) is 56.8 Å². The quantitative estimate of drug-likeness (QED) is 0.673. The fourth-order valence-corrected chi connectivity index (χ4v) is 4.17. The number of ether oxygens (including phenoxy) is 2. The number of hydrogen-bond donors (Lipinski definition) is 0. The Morgan fingerprint density at radius 1 is 1.31 bits per heavy atom. The maximum atomic E-state index is 5.83. The van der Waals surface area contributed by atoms with Gasteiger partial charge in [0, 0.05) is 7.11 Å². The normalized spacial score (nSPS) is 48.8. The van der Waals surface area contributed by atoms with Gasteiger partial charge >= 0.3 is 0 Å². The molecule has 3 fully saturated rings. The van der Waals surface area contributed by atoms with Crippen molar-refractivity contribution in [2.75, 3.05) is 13.7 Å². The second-order valence-corrected chi connectivity index (χ2v) is 6.13. The first-order valence-electron chi connectivity index (χ1n) is 6.92. The molecule has 1 heterocycles. The average molecular weight is 224 g/mol. The van der Waals surface area contributed by atoms with Crippen molar-refractivity contribution in [3.8, 4) is 0 Å². The van der Waals surface area contributed by atoms with Crippen molar-refractivity contribution in [2.24, 2.45) is 17.8 Å². The second-order valence-electron chi connectivity index (χ2n) is 6.13. The van der Waals surface area contributed by atoms with Crippen LogP contribution in [0.2, 0.25) is 0 Å². The summed E-state index contributed by atoms with van der Waals surface area (Å²) in [4.78, 5) is 0. The van der Waals surface area contributed by atoms with E-state index in [4.69, 9.17) is 9.47 Å². The van der Waals surface area contributed by atoms with Crippen molar-refractivity contribution in [1.29, 1.82) is 0 Å². The van der Waals surface area contributed by atoms with Gasteiger partial charge in [-0.25, -0.2) is 0 Å². The van der Waals surface area contributed by atoms with Crippen molar-refractivity contribution >= 4 is 0 Å². The lowest BCUT2D eigenvalue weighted by atomic mass is 9.62. The molecule has 2 aliphatic carbocycles. The summed E-state index contributed by atoms with van der Waals surface area (Å²) in [5, 5.41) is 0. The van der Waals surface area contributed by atoms with Crippen LogP contribution in [-0.2, 0) is 9.47 Å². The largest absolute Gasteiger partial charge is 0.381 e. The molecule has 1 spiro atoms. The molecule has 92 valence electrons. The monoisotopic (exact) mass is 224 g/mol. The molecule has 2 heteroatoms. The summed E-state index contributed by atoms with van der Waals surface area (Å²) < 4.78 is 11.3. The summed E-state index contributed by atoms with van der Waals surface area (Å²) in [6.45, 7) is 3.27. The Hall–Kier alpha value is -0.0800. The van der Waals surface area contributed by atoms with Gasteiger partial charge in [0.25, 0.3) is 0 Å². The van der Waals surface area contributed by atoms with E-state index in [1.807, 2.05) is 7.11 Å². The Balaban J connectivity index is 1.70. The van der Waals surface area contributed by atoms with Crippen LogP contribution in [-0.4, -0.2) is 25.4 Å². The molecule has 3 aliphatic rings. The van der Waals surface area contributed by atoms with Gasteiger partial charge in [-0.3, -0.25) is 0 Å². The minimum atomic E-state index is 0.328. The molecular formula is C14H24O2. The van der Waals surface area contributed by atoms with Gasteiger partial charge < -0.3 is 9.47 Å². The van der Waals surface area contributed by atoms with Gasteiger partial charge in [0.15, 0.2) is 0 Å². The van der Waals surface area contributed by atoms with E-state index in [1.165, 1.54) is 38.5 Å². The molecule has 0 N–H and O–H groups in total. The second kappa shape index (κ2) is 3.99. The molecule has 0 amide bonds. The number of rotatable bonds is 2. The third-order valence-electron chi connectivity index (χ3n) is 5.44. The van der Waals surface area contributed by atoms with Gasteiger partial charge in [-0.2, -0.15) is 0 Å². The first-order valence-corrected chi connectivity index (χ1v) is 6.92. The number of fused-ring (bicyclic) bond motifs is 2. The zero-order valence-corrected chi connectivity index (χ0v) is 10.6. The van der Waals surface area contributed by atoms with Gasteiger partial charge in [-0.1, -0.05) is 6.42 Å². The predicted octanol–water partition coefficient (Wildman–Crippen LogP) is 3.01. The number of methoxy groups -OCH3 is 1. The summed E-state index contributed by atoms with van der Waals surface area (Å²) in [6.07, 6.45) is 8.72. The standard InChI is InChI=1S/C14H24O2/c1-10(15-2)12-6-5-11-4-3-7-14(9-16-14)13(11)8-12/h10-13H,3-9H2,1-2H3/t10-,11?,12-,13?,14?/m1/s1. The van der Waals surface area contributed by atoms with Gasteiger partial charge in [0.05, 0.1) is 18.3 Å². The molecule has 5 atom stereocenters. The molecule has 1 saturated heterocycles. The van der Waals surface area contributed by atoms with Crippen LogP contribution >= 0.6 is 0 Å². The Labute approximate surface area is 98.7 Å². The Kier molecular flexibility index (Phi) is 2.75. The fraction of sp³-hybridized carbons (Fsp3) is 1.00. The summed E-state index contributed by atoms with van der Waals surface area (Å²) in [5.74, 6) is 2.57. The molecule has 0 bridgehead atoms. The zero-order valence-electron chi connectivity index (χ0n) is 10.6. The van der Waals surface area contributed by atoms with Crippen molar-refractivity contribution in [3.05, 3.63) is 0 Å². The summed E-state index contributed by atoms with van der Waals surface area (Å²) >= 11 is 0. The lowest BCUT2D eigenvalue weighted by Crippen LogP contribution is -2.42. The topological polar surface area (TPSA) is 21.8 Å². The molecule has 0 aromatic rings. The first-order chi connectivity index (χ1) is 7.75. The lowest BCUT2D eigenvalue weighted by molar-refractivity contribution is -0.0111. The fourth-order valence-electron chi connectivity index (χ4n) is 4.17. The van der Waals surface area contributed by atoms with Crippen LogP contribution in [0.25, 0.3) is 0 Å². The van der Waals surface area contributed by atoms with Crippen molar-refractivity contribution < 1.29 is 9.47 Å². The Bertz CT molecular complexity index is 259. The molecule has 0 aromatic heterocycles. The van der Waals surface area contributed by atoms with Crippen LogP contribution in [0.1, 0.15) is 45.4 Å². The van der Waals surface area contributed by atoms with Crippen LogP contribution in [0.5, 0.6) is 0 Å². The summed E-state index contributed by atoms with van der Waals surface area (Å²) in [7, 11) is 1.85. The number of epoxide rings is 1. The van der Waals surface area contributed by atoms with E-state index in [-0.39, 0.29) is 0 Å². The van der Waals surface area contributed by atoms with Crippen LogP contribution in [0.3, 0.4) is 0 Å². The van der Waals surface area contributed by atoms with Crippen molar-refractivity contribution in [3.63, 3.8) is 0 Å². The highest BCUT2D eigenvalue weighted by molar-refractivity contribution is 5.05. The van der Waals surface area contributed by atoms with Crippen molar-refractivity contribution in [2.45, 2.75) is 57.2 Å². The molecule has 0 radical (unpaired) electrons. The van der Waals surface area contributed by atoms with Gasteiger partial charge in [0.1, 0.15) is 0 Å². The maximum Gasteiger partial charge on any atom is 0.0947 e. The summed E-state index contributed by atoms with van der Waals surface area (Å²) in [5.41, 5.74) is 0.328. The van der Waals surface area contributed by atoms with Crippen molar-refractivity contribution in [1.82, 2.24) is 0 Å². The maximum absolute atomic E-state index is 5.83. The van der Waals surface area contributed by atoms with E-state index in [0.29, 0.717) is 11.7 Å². The van der Waals surface area contributed by atoms with E-state index in [0.717, 1.165) is 24.4 Å². The molecule has 3 unspecified atom stereocenters. The zero-order chi connectivity index (χ0) is 11.2. The molecule has 3 rings (SSSR count). The highest BCUT2D eigenvalue weighted by Crippen LogP contribution is 2.55. The van der Waals surface area contributed by atoms with E-state index >= 15 is 0 Å². The average Bonchev–Trinajstić information content (AvgIpc) is 3.09. The molecule has 16 heavy (non-hydrogen) atoms. The molecular weight excluding hydrogens is 200 g/mol. The van der Waals surface area contributed by atoms with Crippen LogP contribution < -0.4 is 0 Å². The number of hydrogen-bond acceptors (Lipinski definition) is 2. The Morgan fingerprint density at radius 3 is 2.81 bits per heavy atom. The molecule has 1 aliphatic heterocycles. The SMILES string of the molecule is CO[C@H](C)[C@@H]1CCC2CCCC3(CO3)C2C1.